The zero-order chi connectivity index (χ0) is 19.9. The molecule has 5 heteroatoms. The van der Waals surface area contributed by atoms with Crippen molar-refractivity contribution in [3.63, 3.8) is 0 Å². The third-order valence-electron chi connectivity index (χ3n) is 5.67. The topological polar surface area (TPSA) is 48.0 Å². The second-order valence-electron chi connectivity index (χ2n) is 7.87. The molecular weight excluding hydrogens is 366 g/mol. The van der Waals surface area contributed by atoms with Crippen molar-refractivity contribution in [2.75, 3.05) is 13.1 Å². The first-order chi connectivity index (χ1) is 14.3. The minimum atomic E-state index is -0.231. The number of carbonyl (C=O) groups excluding carboxylic acids is 1. The Kier molecular flexibility index (Phi) is 6.80. The Morgan fingerprint density at radius 3 is 2.00 bits per heavy atom. The van der Waals surface area contributed by atoms with Crippen molar-refractivity contribution in [1.29, 1.82) is 0 Å². The maximum atomic E-state index is 12.2. The lowest BCUT2D eigenvalue weighted by Gasteiger charge is -2.39. The quantitative estimate of drug-likeness (QED) is 0.690. The molecule has 0 unspecified atom stereocenters. The lowest BCUT2D eigenvalue weighted by atomic mass is 9.91. The van der Waals surface area contributed by atoms with E-state index in [-0.39, 0.29) is 18.3 Å². The van der Waals surface area contributed by atoms with Gasteiger partial charge in [-0.2, -0.15) is 0 Å². The molecule has 154 valence electrons. The molecule has 0 bridgehead atoms. The fraction of sp³-hybridized carbons (Fsp3) is 0.458. The van der Waals surface area contributed by atoms with Crippen molar-refractivity contribution in [2.24, 2.45) is 0 Å². The van der Waals surface area contributed by atoms with Crippen molar-refractivity contribution < 1.29 is 19.0 Å². The molecule has 29 heavy (non-hydrogen) atoms. The Hall–Kier alpha value is -2.37. The molecule has 0 atom stereocenters. The Morgan fingerprint density at radius 1 is 0.793 bits per heavy atom. The number of benzene rings is 2. The summed E-state index contributed by atoms with van der Waals surface area (Å²) >= 11 is 0. The van der Waals surface area contributed by atoms with E-state index in [0.717, 1.165) is 31.2 Å². The summed E-state index contributed by atoms with van der Waals surface area (Å²) in [7, 11) is 0. The number of rotatable bonds is 7. The number of ether oxygens (including phenoxy) is 3. The molecule has 1 heterocycles. The average Bonchev–Trinajstić information content (AvgIpc) is 2.75. The van der Waals surface area contributed by atoms with Crippen LogP contribution in [0, 0.1) is 0 Å². The molecule has 0 spiro atoms. The molecule has 5 nitrogen and oxygen atoms in total. The molecule has 0 aromatic heterocycles. The second-order valence-corrected chi connectivity index (χ2v) is 7.87. The third kappa shape index (κ3) is 5.81. The Labute approximate surface area is 172 Å². The summed E-state index contributed by atoms with van der Waals surface area (Å²) in [4.78, 5) is 14.0. The van der Waals surface area contributed by atoms with Crippen LogP contribution < -0.4 is 0 Å². The standard InChI is InChI=1S/C24H29NO4/c26-24(28-18-20-9-5-2-6-10-20)25-13-11-21(12-14-25)29-23-15-22(16-23)27-17-19-7-3-1-4-8-19/h1-10,21-23H,11-18H2/t22-,23+. The smallest absolute Gasteiger partial charge is 0.410 e. The van der Waals surface area contributed by atoms with E-state index in [2.05, 4.69) is 12.1 Å². The van der Waals surface area contributed by atoms with Gasteiger partial charge in [-0.05, 0) is 36.8 Å². The maximum Gasteiger partial charge on any atom is 0.410 e. The van der Waals surface area contributed by atoms with Crippen molar-refractivity contribution in [1.82, 2.24) is 4.90 Å². The molecule has 2 aromatic rings. The summed E-state index contributed by atoms with van der Waals surface area (Å²) in [6.45, 7) is 2.38. The number of carbonyl (C=O) groups is 1. The molecule has 1 aliphatic carbocycles. The molecule has 1 saturated heterocycles. The molecule has 2 aromatic carbocycles. The first kappa shape index (κ1) is 19.9. The third-order valence-corrected chi connectivity index (χ3v) is 5.67. The van der Waals surface area contributed by atoms with Crippen LogP contribution in [0.2, 0.25) is 0 Å². The summed E-state index contributed by atoms with van der Waals surface area (Å²) < 4.78 is 17.6. The summed E-state index contributed by atoms with van der Waals surface area (Å²) in [6.07, 6.45) is 4.25. The van der Waals surface area contributed by atoms with Gasteiger partial charge in [0.1, 0.15) is 6.61 Å². The molecule has 0 radical (unpaired) electrons. The predicted molar refractivity (Wildman–Crippen MR) is 110 cm³/mol. The fourth-order valence-corrected chi connectivity index (χ4v) is 3.81. The first-order valence-corrected chi connectivity index (χ1v) is 10.5. The van der Waals surface area contributed by atoms with E-state index in [1.54, 1.807) is 4.90 Å². The van der Waals surface area contributed by atoms with Crippen LogP contribution in [-0.2, 0) is 27.4 Å². The van der Waals surface area contributed by atoms with E-state index in [1.165, 1.54) is 5.56 Å². The number of hydrogen-bond acceptors (Lipinski definition) is 4. The summed E-state index contributed by atoms with van der Waals surface area (Å²) in [5, 5.41) is 0. The predicted octanol–water partition coefficient (Wildman–Crippen LogP) is 4.55. The SMILES string of the molecule is O=C(OCc1ccccc1)N1CCC(O[C@H]2C[C@@H](OCc3ccccc3)C2)CC1. The van der Waals surface area contributed by atoms with Gasteiger partial charge >= 0.3 is 6.09 Å². The maximum absolute atomic E-state index is 12.2. The number of likely N-dealkylation sites (tertiary alicyclic amines) is 1. The largest absolute Gasteiger partial charge is 0.445 e. The Balaban J connectivity index is 1.09. The van der Waals surface area contributed by atoms with Crippen molar-refractivity contribution in [2.45, 2.75) is 57.2 Å². The van der Waals surface area contributed by atoms with Crippen LogP contribution in [0.1, 0.15) is 36.8 Å². The number of piperidine rings is 1. The Morgan fingerprint density at radius 2 is 1.38 bits per heavy atom. The highest BCUT2D eigenvalue weighted by atomic mass is 16.6. The highest BCUT2D eigenvalue weighted by Crippen LogP contribution is 2.30. The van der Waals surface area contributed by atoms with Gasteiger partial charge in [-0.15, -0.1) is 0 Å². The van der Waals surface area contributed by atoms with Crippen LogP contribution in [0.15, 0.2) is 60.7 Å². The first-order valence-electron chi connectivity index (χ1n) is 10.5. The molecule has 1 aliphatic heterocycles. The van der Waals surface area contributed by atoms with Gasteiger partial charge in [0, 0.05) is 13.1 Å². The van der Waals surface area contributed by atoms with Gasteiger partial charge < -0.3 is 19.1 Å². The molecule has 0 N–H and O–H groups in total. The summed E-state index contributed by atoms with van der Waals surface area (Å²) in [5.41, 5.74) is 2.22. The second kappa shape index (κ2) is 9.90. The molecule has 2 aliphatic rings. The monoisotopic (exact) mass is 395 g/mol. The summed E-state index contributed by atoms with van der Waals surface area (Å²) in [6, 6.07) is 20.0. The van der Waals surface area contributed by atoms with Crippen LogP contribution >= 0.6 is 0 Å². The van der Waals surface area contributed by atoms with E-state index in [4.69, 9.17) is 14.2 Å². The zero-order valence-corrected chi connectivity index (χ0v) is 16.7. The van der Waals surface area contributed by atoms with Gasteiger partial charge in [0.2, 0.25) is 0 Å². The van der Waals surface area contributed by atoms with Crippen molar-refractivity contribution >= 4 is 6.09 Å². The lowest BCUT2D eigenvalue weighted by Crippen LogP contribution is -2.45. The number of amides is 1. The lowest BCUT2D eigenvalue weighted by molar-refractivity contribution is -0.137. The highest BCUT2D eigenvalue weighted by Gasteiger charge is 2.34. The summed E-state index contributed by atoms with van der Waals surface area (Å²) in [5.74, 6) is 0. The van der Waals surface area contributed by atoms with Crippen LogP contribution in [0.5, 0.6) is 0 Å². The minimum Gasteiger partial charge on any atom is -0.445 e. The van der Waals surface area contributed by atoms with Gasteiger partial charge in [0.25, 0.3) is 0 Å². The van der Waals surface area contributed by atoms with E-state index in [1.807, 2.05) is 48.5 Å². The number of hydrogen-bond donors (Lipinski definition) is 0. The van der Waals surface area contributed by atoms with E-state index in [9.17, 15) is 4.79 Å². The van der Waals surface area contributed by atoms with Crippen LogP contribution in [0.3, 0.4) is 0 Å². The van der Waals surface area contributed by atoms with Crippen molar-refractivity contribution in [3.05, 3.63) is 71.8 Å². The van der Waals surface area contributed by atoms with Gasteiger partial charge in [0.15, 0.2) is 0 Å². The molecular formula is C24H29NO4. The van der Waals surface area contributed by atoms with Crippen LogP contribution in [0.25, 0.3) is 0 Å². The van der Waals surface area contributed by atoms with Gasteiger partial charge in [-0.1, -0.05) is 60.7 Å². The van der Waals surface area contributed by atoms with Gasteiger partial charge in [-0.3, -0.25) is 0 Å². The fourth-order valence-electron chi connectivity index (χ4n) is 3.81. The zero-order valence-electron chi connectivity index (χ0n) is 16.7. The van der Waals surface area contributed by atoms with Crippen LogP contribution in [-0.4, -0.2) is 42.4 Å². The van der Waals surface area contributed by atoms with Gasteiger partial charge in [-0.25, -0.2) is 4.79 Å². The normalized spacial score (nSPS) is 22.1. The van der Waals surface area contributed by atoms with E-state index >= 15 is 0 Å². The van der Waals surface area contributed by atoms with Crippen molar-refractivity contribution in [3.8, 4) is 0 Å². The number of nitrogens with zero attached hydrogens (tertiary/aromatic N) is 1. The molecule has 1 saturated carbocycles. The van der Waals surface area contributed by atoms with Gasteiger partial charge in [0.05, 0.1) is 24.9 Å². The minimum absolute atomic E-state index is 0.230. The highest BCUT2D eigenvalue weighted by molar-refractivity contribution is 5.67. The Bertz CT molecular complexity index is 753. The van der Waals surface area contributed by atoms with E-state index in [0.29, 0.717) is 32.4 Å². The average molecular weight is 395 g/mol. The van der Waals surface area contributed by atoms with Crippen LogP contribution in [0.4, 0.5) is 4.79 Å². The molecule has 4 rings (SSSR count). The molecule has 1 amide bonds. The van der Waals surface area contributed by atoms with E-state index < -0.39 is 0 Å². The molecule has 2 fully saturated rings.